The summed E-state index contributed by atoms with van der Waals surface area (Å²) in [7, 11) is 0. The first-order chi connectivity index (χ1) is 9.36. The van der Waals surface area contributed by atoms with Crippen LogP contribution in [0.1, 0.15) is 35.1 Å². The molecule has 0 radical (unpaired) electrons. The van der Waals surface area contributed by atoms with Gasteiger partial charge in [0.2, 0.25) is 0 Å². The largest absolute Gasteiger partial charge is 0.329 e. The molecule has 1 aliphatic rings. The van der Waals surface area contributed by atoms with E-state index in [0.717, 1.165) is 25.1 Å². The van der Waals surface area contributed by atoms with E-state index < -0.39 is 0 Å². The third kappa shape index (κ3) is 2.29. The molecule has 0 bridgehead atoms. The minimum atomic E-state index is -0.0961. The van der Waals surface area contributed by atoms with E-state index in [4.69, 9.17) is 0 Å². The highest BCUT2D eigenvalue weighted by atomic mass is 16.2. The van der Waals surface area contributed by atoms with Crippen LogP contribution in [0.5, 0.6) is 0 Å². The van der Waals surface area contributed by atoms with Gasteiger partial charge in [0.15, 0.2) is 5.69 Å². The molecule has 0 saturated carbocycles. The topological polar surface area (TPSA) is 71.9 Å². The highest BCUT2D eigenvalue weighted by Crippen LogP contribution is 2.31. The lowest BCUT2D eigenvalue weighted by Gasteiger charge is -2.23. The molecule has 19 heavy (non-hydrogen) atoms. The molecule has 2 aromatic heterocycles. The van der Waals surface area contributed by atoms with E-state index in [0.29, 0.717) is 5.69 Å². The Balaban J connectivity index is 1.86. The van der Waals surface area contributed by atoms with Crippen LogP contribution >= 0.6 is 0 Å². The molecule has 0 spiro atoms. The normalized spacial score (nSPS) is 18.5. The maximum absolute atomic E-state index is 12.4. The second-order valence-corrected chi connectivity index (χ2v) is 4.40. The Morgan fingerprint density at radius 2 is 2.26 bits per heavy atom. The number of rotatable bonds is 2. The summed E-state index contributed by atoms with van der Waals surface area (Å²) in [5, 5.41) is 7.62. The fourth-order valence-corrected chi connectivity index (χ4v) is 2.36. The second kappa shape index (κ2) is 5.09. The molecule has 1 fully saturated rings. The highest BCUT2D eigenvalue weighted by molar-refractivity contribution is 5.92. The maximum Gasteiger partial charge on any atom is 0.274 e. The van der Waals surface area contributed by atoms with E-state index in [-0.39, 0.29) is 11.9 Å². The van der Waals surface area contributed by atoms with Gasteiger partial charge in [0.25, 0.3) is 5.91 Å². The van der Waals surface area contributed by atoms with Crippen molar-refractivity contribution in [3.05, 3.63) is 48.3 Å². The molecule has 0 aromatic carbocycles. The van der Waals surface area contributed by atoms with Crippen molar-refractivity contribution in [1.29, 1.82) is 0 Å². The quantitative estimate of drug-likeness (QED) is 0.807. The summed E-state index contributed by atoms with van der Waals surface area (Å²) in [5.41, 5.74) is 1.20. The molecule has 1 saturated heterocycles. The van der Waals surface area contributed by atoms with Crippen LogP contribution < -0.4 is 0 Å². The average molecular weight is 255 g/mol. The third-order valence-corrected chi connectivity index (χ3v) is 3.23. The Bertz CT molecular complexity index is 560. The van der Waals surface area contributed by atoms with Gasteiger partial charge < -0.3 is 4.90 Å². The zero-order valence-corrected chi connectivity index (χ0v) is 10.3. The van der Waals surface area contributed by atoms with E-state index in [9.17, 15) is 4.79 Å². The summed E-state index contributed by atoms with van der Waals surface area (Å²) in [4.78, 5) is 22.6. The Kier molecular flexibility index (Phi) is 3.14. The fraction of sp³-hybridized carbons (Fsp3) is 0.308. The number of carbonyl (C=O) groups excluding carboxylic acids is 1. The van der Waals surface area contributed by atoms with Crippen molar-refractivity contribution in [2.75, 3.05) is 6.54 Å². The number of amides is 1. The molecule has 2 aromatic rings. The minimum Gasteiger partial charge on any atom is -0.329 e. The molecule has 6 nitrogen and oxygen atoms in total. The number of carbonyl (C=O) groups is 1. The van der Waals surface area contributed by atoms with Crippen molar-refractivity contribution in [3.8, 4) is 0 Å². The lowest BCUT2D eigenvalue weighted by atomic mass is 10.1. The SMILES string of the molecule is O=C(c1cccnn1)N1CCC[C@@H]1c1cnccn1. The van der Waals surface area contributed by atoms with Crippen LogP contribution in [0.15, 0.2) is 36.9 Å². The molecular weight excluding hydrogens is 242 g/mol. The minimum absolute atomic E-state index is 0.0109. The first-order valence-electron chi connectivity index (χ1n) is 6.21. The van der Waals surface area contributed by atoms with Crippen molar-refractivity contribution in [2.45, 2.75) is 18.9 Å². The fourth-order valence-electron chi connectivity index (χ4n) is 2.36. The standard InChI is InChI=1S/C13H13N5O/c19-13(10-3-1-5-16-17-10)18-8-2-4-12(18)11-9-14-6-7-15-11/h1,3,5-7,9,12H,2,4,8H2/t12-/m1/s1. The number of aromatic nitrogens is 4. The van der Waals surface area contributed by atoms with Crippen LogP contribution in [0, 0.1) is 0 Å². The zero-order chi connectivity index (χ0) is 13.1. The van der Waals surface area contributed by atoms with Crippen molar-refractivity contribution < 1.29 is 4.79 Å². The van der Waals surface area contributed by atoms with Gasteiger partial charge in [-0.3, -0.25) is 14.8 Å². The van der Waals surface area contributed by atoms with Crippen molar-refractivity contribution in [1.82, 2.24) is 25.1 Å². The Hall–Kier alpha value is -2.37. The van der Waals surface area contributed by atoms with Crippen LogP contribution in [0.25, 0.3) is 0 Å². The van der Waals surface area contributed by atoms with Gasteiger partial charge in [0, 0.05) is 25.1 Å². The zero-order valence-electron chi connectivity index (χ0n) is 10.3. The average Bonchev–Trinajstić information content (AvgIpc) is 2.98. The predicted octanol–water partition coefficient (Wildman–Crippen LogP) is 1.24. The molecule has 0 N–H and O–H groups in total. The molecule has 3 rings (SSSR count). The van der Waals surface area contributed by atoms with E-state index in [1.54, 1.807) is 41.8 Å². The summed E-state index contributed by atoms with van der Waals surface area (Å²) in [6.45, 7) is 0.719. The Morgan fingerprint density at radius 1 is 1.32 bits per heavy atom. The van der Waals surface area contributed by atoms with Crippen molar-refractivity contribution in [2.24, 2.45) is 0 Å². The first-order valence-corrected chi connectivity index (χ1v) is 6.21. The molecular formula is C13H13N5O. The second-order valence-electron chi connectivity index (χ2n) is 4.40. The van der Waals surface area contributed by atoms with Crippen LogP contribution in [0.2, 0.25) is 0 Å². The van der Waals surface area contributed by atoms with Crippen LogP contribution in [-0.4, -0.2) is 37.5 Å². The van der Waals surface area contributed by atoms with Gasteiger partial charge in [-0.15, -0.1) is 5.10 Å². The molecule has 1 aliphatic heterocycles. The van der Waals surface area contributed by atoms with Gasteiger partial charge in [0.1, 0.15) is 0 Å². The van der Waals surface area contributed by atoms with Gasteiger partial charge in [-0.2, -0.15) is 5.10 Å². The van der Waals surface area contributed by atoms with Gasteiger partial charge in [-0.25, -0.2) is 0 Å². The number of nitrogens with zero attached hydrogens (tertiary/aromatic N) is 5. The monoisotopic (exact) mass is 255 g/mol. The summed E-state index contributed by atoms with van der Waals surface area (Å²) in [5.74, 6) is -0.0961. The molecule has 0 aliphatic carbocycles. The summed E-state index contributed by atoms with van der Waals surface area (Å²) in [6.07, 6.45) is 8.43. The highest BCUT2D eigenvalue weighted by Gasteiger charge is 2.32. The molecule has 1 amide bonds. The molecule has 3 heterocycles. The van der Waals surface area contributed by atoms with Crippen molar-refractivity contribution >= 4 is 5.91 Å². The van der Waals surface area contributed by atoms with Gasteiger partial charge in [-0.1, -0.05) is 0 Å². The summed E-state index contributed by atoms with van der Waals surface area (Å²) in [6, 6.07) is 3.39. The van der Waals surface area contributed by atoms with Gasteiger partial charge in [-0.05, 0) is 25.0 Å². The molecule has 1 atom stereocenters. The van der Waals surface area contributed by atoms with Crippen LogP contribution in [0.3, 0.4) is 0 Å². The van der Waals surface area contributed by atoms with E-state index >= 15 is 0 Å². The Labute approximate surface area is 110 Å². The van der Waals surface area contributed by atoms with Crippen LogP contribution in [-0.2, 0) is 0 Å². The van der Waals surface area contributed by atoms with E-state index in [2.05, 4.69) is 20.2 Å². The number of likely N-dealkylation sites (tertiary alicyclic amines) is 1. The Morgan fingerprint density at radius 3 is 3.00 bits per heavy atom. The smallest absolute Gasteiger partial charge is 0.274 e. The lowest BCUT2D eigenvalue weighted by Crippen LogP contribution is -2.31. The summed E-state index contributed by atoms with van der Waals surface area (Å²) >= 11 is 0. The predicted molar refractivity (Wildman–Crippen MR) is 67.1 cm³/mol. The maximum atomic E-state index is 12.4. The van der Waals surface area contributed by atoms with Gasteiger partial charge in [0.05, 0.1) is 17.9 Å². The van der Waals surface area contributed by atoms with Crippen LogP contribution in [0.4, 0.5) is 0 Å². The van der Waals surface area contributed by atoms with Crippen molar-refractivity contribution in [3.63, 3.8) is 0 Å². The lowest BCUT2D eigenvalue weighted by molar-refractivity contribution is 0.0725. The summed E-state index contributed by atoms with van der Waals surface area (Å²) < 4.78 is 0. The number of hydrogen-bond acceptors (Lipinski definition) is 5. The molecule has 6 heteroatoms. The molecule has 0 unspecified atom stereocenters. The first kappa shape index (κ1) is 11.7. The molecule has 96 valence electrons. The van der Waals surface area contributed by atoms with Gasteiger partial charge >= 0.3 is 0 Å². The van der Waals surface area contributed by atoms with E-state index in [1.807, 2.05) is 0 Å². The van der Waals surface area contributed by atoms with E-state index in [1.165, 1.54) is 0 Å². The number of hydrogen-bond donors (Lipinski definition) is 0. The third-order valence-electron chi connectivity index (χ3n) is 3.23.